The van der Waals surface area contributed by atoms with Crippen molar-refractivity contribution >= 4 is 5.91 Å². The summed E-state index contributed by atoms with van der Waals surface area (Å²) in [5, 5.41) is 8.87. The number of nitrogens with two attached hydrogens (primary N) is 1. The molecule has 1 saturated carbocycles. The number of carbonyl (C=O) groups is 1. The van der Waals surface area contributed by atoms with Gasteiger partial charge in [-0.05, 0) is 18.9 Å². The summed E-state index contributed by atoms with van der Waals surface area (Å²) in [5.41, 5.74) is 5.88. The van der Waals surface area contributed by atoms with Gasteiger partial charge in [-0.1, -0.05) is 12.5 Å². The minimum Gasteiger partial charge on any atom is -0.327 e. The molecule has 3 atom stereocenters. The van der Waals surface area contributed by atoms with Gasteiger partial charge in [0.1, 0.15) is 6.04 Å². The summed E-state index contributed by atoms with van der Waals surface area (Å²) in [4.78, 5) is 13.7. The number of rotatable bonds is 1. The van der Waals surface area contributed by atoms with E-state index < -0.39 is 0 Å². The molecule has 0 aromatic carbocycles. The van der Waals surface area contributed by atoms with E-state index in [0.29, 0.717) is 6.54 Å². The van der Waals surface area contributed by atoms with Crippen LogP contribution in [0.2, 0.25) is 0 Å². The second-order valence-corrected chi connectivity index (χ2v) is 4.19. The maximum absolute atomic E-state index is 12.1. The van der Waals surface area contributed by atoms with E-state index in [1.165, 1.54) is 0 Å². The molecule has 0 aromatic heterocycles. The van der Waals surface area contributed by atoms with Crippen molar-refractivity contribution in [2.75, 3.05) is 6.54 Å². The largest absolute Gasteiger partial charge is 0.327 e. The zero-order valence-electron chi connectivity index (χ0n) is 8.60. The highest BCUT2D eigenvalue weighted by atomic mass is 16.2. The molecule has 4 nitrogen and oxygen atoms in total. The molecule has 4 heteroatoms. The molecule has 2 aliphatic rings. The van der Waals surface area contributed by atoms with Gasteiger partial charge < -0.3 is 10.6 Å². The first kappa shape index (κ1) is 10.2. The van der Waals surface area contributed by atoms with Crippen molar-refractivity contribution in [2.45, 2.75) is 31.3 Å². The van der Waals surface area contributed by atoms with E-state index in [2.05, 4.69) is 6.07 Å². The van der Waals surface area contributed by atoms with Gasteiger partial charge in [-0.3, -0.25) is 4.79 Å². The second-order valence-electron chi connectivity index (χ2n) is 4.19. The van der Waals surface area contributed by atoms with Crippen molar-refractivity contribution in [3.63, 3.8) is 0 Å². The number of hydrogen-bond acceptors (Lipinski definition) is 3. The van der Waals surface area contributed by atoms with Gasteiger partial charge in [0.2, 0.25) is 5.91 Å². The van der Waals surface area contributed by atoms with Gasteiger partial charge in [0.25, 0.3) is 0 Å². The lowest BCUT2D eigenvalue weighted by molar-refractivity contribution is -0.135. The lowest BCUT2D eigenvalue weighted by Crippen LogP contribution is -2.43. The summed E-state index contributed by atoms with van der Waals surface area (Å²) in [5.74, 6) is -0.0164. The van der Waals surface area contributed by atoms with Gasteiger partial charge in [0, 0.05) is 12.6 Å². The lowest BCUT2D eigenvalue weighted by atomic mass is 10.0. The third-order valence-electron chi connectivity index (χ3n) is 3.26. The Kier molecular flexibility index (Phi) is 2.74. The molecule has 15 heavy (non-hydrogen) atoms. The van der Waals surface area contributed by atoms with Crippen LogP contribution in [-0.4, -0.2) is 29.4 Å². The fourth-order valence-corrected chi connectivity index (χ4v) is 2.37. The van der Waals surface area contributed by atoms with E-state index in [0.717, 1.165) is 19.3 Å². The Labute approximate surface area is 89.3 Å². The fourth-order valence-electron chi connectivity index (χ4n) is 2.37. The second kappa shape index (κ2) is 4.03. The van der Waals surface area contributed by atoms with Crippen LogP contribution in [-0.2, 0) is 4.79 Å². The molecule has 2 N–H and O–H groups in total. The van der Waals surface area contributed by atoms with Crippen molar-refractivity contribution in [1.29, 1.82) is 5.26 Å². The Morgan fingerprint density at radius 3 is 2.93 bits per heavy atom. The van der Waals surface area contributed by atoms with E-state index in [1.54, 1.807) is 11.0 Å². The Balaban J connectivity index is 2.05. The summed E-state index contributed by atoms with van der Waals surface area (Å²) in [6.45, 7) is 0.556. The molecule has 3 unspecified atom stereocenters. The first-order valence-electron chi connectivity index (χ1n) is 5.36. The topological polar surface area (TPSA) is 70.1 Å². The molecule has 0 spiro atoms. The highest BCUT2D eigenvalue weighted by Gasteiger charge is 2.36. The molecule has 0 saturated heterocycles. The van der Waals surface area contributed by atoms with Gasteiger partial charge in [-0.25, -0.2) is 0 Å². The quantitative estimate of drug-likeness (QED) is 0.630. The standard InChI is InChI=1S/C11H15N3O/c12-7-8-3-2-6-14(8)11(15)9-4-1-5-10(9)13/h2-3,8-10H,1,4-6,13H2. The molecular formula is C11H15N3O. The molecule has 1 amide bonds. The Morgan fingerprint density at radius 2 is 2.33 bits per heavy atom. The van der Waals surface area contributed by atoms with Gasteiger partial charge in [-0.2, -0.15) is 5.26 Å². The zero-order valence-corrected chi connectivity index (χ0v) is 8.60. The number of nitrogens with zero attached hydrogens (tertiary/aromatic N) is 2. The van der Waals surface area contributed by atoms with Crippen LogP contribution < -0.4 is 5.73 Å². The van der Waals surface area contributed by atoms with E-state index >= 15 is 0 Å². The molecule has 0 aromatic rings. The molecule has 1 aliphatic heterocycles. The average molecular weight is 205 g/mol. The van der Waals surface area contributed by atoms with Crippen LogP contribution in [0.5, 0.6) is 0 Å². The maximum atomic E-state index is 12.1. The van der Waals surface area contributed by atoms with Crippen LogP contribution in [0.15, 0.2) is 12.2 Å². The summed E-state index contributed by atoms with van der Waals surface area (Å²) in [6, 6.07) is 1.71. The normalized spacial score (nSPS) is 34.4. The van der Waals surface area contributed by atoms with E-state index in [-0.39, 0.29) is 23.9 Å². The number of nitriles is 1. The Hall–Kier alpha value is -1.34. The minimum atomic E-state index is -0.384. The van der Waals surface area contributed by atoms with Crippen LogP contribution in [0.1, 0.15) is 19.3 Å². The van der Waals surface area contributed by atoms with Crippen molar-refractivity contribution in [2.24, 2.45) is 11.7 Å². The Bertz CT molecular complexity index is 331. The molecule has 2 rings (SSSR count). The summed E-state index contributed by atoms with van der Waals surface area (Å²) in [6.07, 6.45) is 6.46. The molecule has 1 aliphatic carbocycles. The van der Waals surface area contributed by atoms with Gasteiger partial charge in [0.05, 0.1) is 12.0 Å². The average Bonchev–Trinajstić information content (AvgIpc) is 2.84. The van der Waals surface area contributed by atoms with Gasteiger partial charge in [0.15, 0.2) is 0 Å². The van der Waals surface area contributed by atoms with Crippen LogP contribution in [0.25, 0.3) is 0 Å². The smallest absolute Gasteiger partial charge is 0.228 e. The van der Waals surface area contributed by atoms with Crippen molar-refractivity contribution in [3.05, 3.63) is 12.2 Å². The number of hydrogen-bond donors (Lipinski definition) is 1. The third-order valence-corrected chi connectivity index (χ3v) is 3.26. The van der Waals surface area contributed by atoms with E-state index in [9.17, 15) is 4.79 Å². The molecule has 1 heterocycles. The van der Waals surface area contributed by atoms with Crippen LogP contribution >= 0.6 is 0 Å². The fraction of sp³-hybridized carbons (Fsp3) is 0.636. The predicted molar refractivity (Wildman–Crippen MR) is 55.6 cm³/mol. The first-order valence-corrected chi connectivity index (χ1v) is 5.36. The number of carbonyl (C=O) groups excluding carboxylic acids is 1. The van der Waals surface area contributed by atoms with Crippen molar-refractivity contribution in [3.8, 4) is 6.07 Å². The minimum absolute atomic E-state index is 0.0163. The summed E-state index contributed by atoms with van der Waals surface area (Å²) in [7, 11) is 0. The molecular weight excluding hydrogens is 190 g/mol. The highest BCUT2D eigenvalue weighted by Crippen LogP contribution is 2.27. The van der Waals surface area contributed by atoms with Crippen LogP contribution in [0, 0.1) is 17.2 Å². The van der Waals surface area contributed by atoms with Gasteiger partial charge >= 0.3 is 0 Å². The Morgan fingerprint density at radius 1 is 1.53 bits per heavy atom. The molecule has 0 radical (unpaired) electrons. The molecule has 0 bridgehead atoms. The first-order chi connectivity index (χ1) is 7.24. The van der Waals surface area contributed by atoms with Crippen LogP contribution in [0.3, 0.4) is 0 Å². The third kappa shape index (κ3) is 1.75. The lowest BCUT2D eigenvalue weighted by Gasteiger charge is -2.25. The summed E-state index contributed by atoms with van der Waals surface area (Å²) >= 11 is 0. The van der Waals surface area contributed by atoms with Crippen molar-refractivity contribution in [1.82, 2.24) is 4.90 Å². The monoisotopic (exact) mass is 205 g/mol. The zero-order chi connectivity index (χ0) is 10.8. The highest BCUT2D eigenvalue weighted by molar-refractivity contribution is 5.81. The maximum Gasteiger partial charge on any atom is 0.228 e. The SMILES string of the molecule is N#CC1C=CCN1C(=O)C1CCCC1N. The van der Waals surface area contributed by atoms with Crippen LogP contribution in [0.4, 0.5) is 0 Å². The van der Waals surface area contributed by atoms with E-state index in [1.807, 2.05) is 6.08 Å². The van der Waals surface area contributed by atoms with E-state index in [4.69, 9.17) is 11.0 Å². The summed E-state index contributed by atoms with van der Waals surface area (Å²) < 4.78 is 0. The molecule has 80 valence electrons. The van der Waals surface area contributed by atoms with Crippen molar-refractivity contribution < 1.29 is 4.79 Å². The molecule has 1 fully saturated rings. The number of amides is 1. The van der Waals surface area contributed by atoms with Gasteiger partial charge in [-0.15, -0.1) is 0 Å². The predicted octanol–water partition coefficient (Wildman–Crippen LogP) is 0.404.